The van der Waals surface area contributed by atoms with E-state index in [4.69, 9.17) is 0 Å². The Balaban J connectivity index is 1.55. The Morgan fingerprint density at radius 2 is 2.35 bits per heavy atom. The Bertz CT molecular complexity index is 622. The molecule has 6 nitrogen and oxygen atoms in total. The number of aromatic nitrogens is 3. The first-order chi connectivity index (χ1) is 9.72. The second kappa shape index (κ2) is 5.32. The molecule has 0 fully saturated rings. The lowest BCUT2D eigenvalue weighted by Crippen LogP contribution is -2.25. The lowest BCUT2D eigenvalue weighted by Gasteiger charge is -2.09. The molecule has 1 aliphatic rings. The second-order valence-electron chi connectivity index (χ2n) is 4.98. The van der Waals surface area contributed by atoms with Crippen LogP contribution in [0.5, 0.6) is 0 Å². The summed E-state index contributed by atoms with van der Waals surface area (Å²) in [7, 11) is 1.81. The average Bonchev–Trinajstić information content (AvgIpc) is 3.04. The van der Waals surface area contributed by atoms with Gasteiger partial charge in [-0.25, -0.2) is 4.98 Å². The van der Waals surface area contributed by atoms with Crippen molar-refractivity contribution >= 4 is 11.6 Å². The van der Waals surface area contributed by atoms with Gasteiger partial charge in [-0.3, -0.25) is 9.48 Å². The minimum atomic E-state index is 0.0287. The van der Waals surface area contributed by atoms with Crippen LogP contribution < -0.4 is 10.6 Å². The quantitative estimate of drug-likeness (QED) is 0.871. The van der Waals surface area contributed by atoms with E-state index in [1.54, 1.807) is 18.1 Å². The first-order valence-corrected chi connectivity index (χ1v) is 6.66. The molecule has 0 bridgehead atoms. The van der Waals surface area contributed by atoms with Gasteiger partial charge in [0, 0.05) is 31.6 Å². The second-order valence-corrected chi connectivity index (χ2v) is 4.98. The number of rotatable bonds is 4. The third-order valence-electron chi connectivity index (χ3n) is 3.46. The molecule has 0 radical (unpaired) electrons. The molecule has 1 atom stereocenters. The molecule has 3 rings (SSSR count). The van der Waals surface area contributed by atoms with Crippen LogP contribution in [0.25, 0.3) is 0 Å². The highest BCUT2D eigenvalue weighted by atomic mass is 16.1. The van der Waals surface area contributed by atoms with E-state index in [1.807, 2.05) is 18.2 Å². The molecule has 0 spiro atoms. The number of aryl methyl sites for hydroxylation is 1. The summed E-state index contributed by atoms with van der Waals surface area (Å²) in [4.78, 5) is 16.1. The summed E-state index contributed by atoms with van der Waals surface area (Å²) < 4.78 is 1.62. The van der Waals surface area contributed by atoms with Gasteiger partial charge in [-0.1, -0.05) is 18.2 Å². The monoisotopic (exact) mass is 271 g/mol. The molecular weight excluding hydrogens is 254 g/mol. The van der Waals surface area contributed by atoms with Crippen molar-refractivity contribution < 1.29 is 4.79 Å². The van der Waals surface area contributed by atoms with Crippen LogP contribution in [-0.4, -0.2) is 27.2 Å². The van der Waals surface area contributed by atoms with Gasteiger partial charge < -0.3 is 10.6 Å². The maximum Gasteiger partial charge on any atom is 0.221 e. The van der Waals surface area contributed by atoms with Crippen LogP contribution in [0.1, 0.15) is 23.7 Å². The van der Waals surface area contributed by atoms with Gasteiger partial charge in [-0.2, -0.15) is 5.10 Å². The lowest BCUT2D eigenvalue weighted by molar-refractivity contribution is -0.121. The van der Waals surface area contributed by atoms with Gasteiger partial charge in [0.1, 0.15) is 6.33 Å². The Morgan fingerprint density at radius 3 is 3.15 bits per heavy atom. The number of hydrogen-bond acceptors (Lipinski definition) is 4. The molecule has 0 saturated heterocycles. The highest BCUT2D eigenvalue weighted by molar-refractivity contribution is 5.78. The molecule has 2 heterocycles. The minimum absolute atomic E-state index is 0.0287. The molecule has 1 aromatic carbocycles. The number of para-hydroxylation sites is 1. The van der Waals surface area contributed by atoms with Gasteiger partial charge >= 0.3 is 0 Å². The normalized spacial score (nSPS) is 16.6. The zero-order valence-corrected chi connectivity index (χ0v) is 11.3. The number of amides is 1. The van der Waals surface area contributed by atoms with Crippen molar-refractivity contribution in [2.24, 2.45) is 7.05 Å². The van der Waals surface area contributed by atoms with Gasteiger partial charge in [0.2, 0.25) is 5.91 Å². The fourth-order valence-corrected chi connectivity index (χ4v) is 2.48. The van der Waals surface area contributed by atoms with E-state index in [2.05, 4.69) is 26.8 Å². The van der Waals surface area contributed by atoms with Crippen molar-refractivity contribution in [1.82, 2.24) is 20.1 Å². The maximum atomic E-state index is 12.0. The van der Waals surface area contributed by atoms with Gasteiger partial charge in [-0.15, -0.1) is 0 Å². The van der Waals surface area contributed by atoms with Crippen molar-refractivity contribution in [1.29, 1.82) is 0 Å². The molecule has 6 heteroatoms. The molecule has 0 aliphatic carbocycles. The Kier molecular flexibility index (Phi) is 3.37. The predicted molar refractivity (Wildman–Crippen MR) is 75.1 cm³/mol. The molecule has 20 heavy (non-hydrogen) atoms. The standard InChI is InChI=1S/C14H17N5O/c1-19-9-17-13(18-19)8-16-14(20)6-10-7-15-12-5-3-2-4-11(10)12/h2-5,9-10,15H,6-8H2,1H3,(H,16,20). The highest BCUT2D eigenvalue weighted by Crippen LogP contribution is 2.32. The van der Waals surface area contributed by atoms with Crippen molar-refractivity contribution in [2.45, 2.75) is 18.9 Å². The number of hydrogen-bond donors (Lipinski definition) is 2. The van der Waals surface area contributed by atoms with Crippen LogP contribution in [-0.2, 0) is 18.4 Å². The molecule has 1 aliphatic heterocycles. The molecule has 104 valence electrons. The van der Waals surface area contributed by atoms with Gasteiger partial charge in [0.15, 0.2) is 5.82 Å². The summed E-state index contributed by atoms with van der Waals surface area (Å²) in [5.74, 6) is 0.898. The van der Waals surface area contributed by atoms with Crippen molar-refractivity contribution in [3.63, 3.8) is 0 Å². The van der Waals surface area contributed by atoms with Crippen molar-refractivity contribution in [3.8, 4) is 0 Å². The summed E-state index contributed by atoms with van der Waals surface area (Å²) >= 11 is 0. The van der Waals surface area contributed by atoms with Crippen LogP contribution in [0.4, 0.5) is 5.69 Å². The van der Waals surface area contributed by atoms with Gasteiger partial charge in [0.25, 0.3) is 0 Å². The summed E-state index contributed by atoms with van der Waals surface area (Å²) in [5.41, 5.74) is 2.36. The fraction of sp³-hybridized carbons (Fsp3) is 0.357. The third kappa shape index (κ3) is 2.64. The van der Waals surface area contributed by atoms with Gasteiger partial charge in [0.05, 0.1) is 6.54 Å². The fourth-order valence-electron chi connectivity index (χ4n) is 2.48. The largest absolute Gasteiger partial charge is 0.384 e. The zero-order chi connectivity index (χ0) is 13.9. The number of carbonyl (C=O) groups excluding carboxylic acids is 1. The number of fused-ring (bicyclic) bond motifs is 1. The lowest BCUT2D eigenvalue weighted by atomic mass is 9.98. The number of nitrogens with zero attached hydrogens (tertiary/aromatic N) is 3. The van der Waals surface area contributed by atoms with Crippen LogP contribution in [0.3, 0.4) is 0 Å². The van der Waals surface area contributed by atoms with E-state index in [0.717, 1.165) is 12.2 Å². The predicted octanol–water partition coefficient (Wildman–Crippen LogP) is 1.03. The minimum Gasteiger partial charge on any atom is -0.384 e. The zero-order valence-electron chi connectivity index (χ0n) is 11.3. The molecule has 0 saturated carbocycles. The molecule has 1 amide bonds. The third-order valence-corrected chi connectivity index (χ3v) is 3.46. The Morgan fingerprint density at radius 1 is 1.50 bits per heavy atom. The van der Waals surface area contributed by atoms with Crippen LogP contribution in [0.2, 0.25) is 0 Å². The summed E-state index contributed by atoms with van der Waals surface area (Å²) in [6, 6.07) is 8.13. The number of nitrogens with one attached hydrogen (secondary N) is 2. The van der Waals surface area contributed by atoms with Crippen LogP contribution >= 0.6 is 0 Å². The van der Waals surface area contributed by atoms with E-state index in [9.17, 15) is 4.79 Å². The Hall–Kier alpha value is -2.37. The van der Waals surface area contributed by atoms with Crippen LogP contribution in [0.15, 0.2) is 30.6 Å². The highest BCUT2D eigenvalue weighted by Gasteiger charge is 2.23. The van der Waals surface area contributed by atoms with Crippen LogP contribution in [0, 0.1) is 0 Å². The summed E-state index contributed by atoms with van der Waals surface area (Å²) in [6.45, 7) is 1.19. The smallest absolute Gasteiger partial charge is 0.221 e. The van der Waals surface area contributed by atoms with E-state index >= 15 is 0 Å². The van der Waals surface area contributed by atoms with Gasteiger partial charge in [-0.05, 0) is 11.6 Å². The number of anilines is 1. The molecular formula is C14H17N5O. The van der Waals surface area contributed by atoms with E-state index < -0.39 is 0 Å². The topological polar surface area (TPSA) is 71.8 Å². The summed E-state index contributed by atoms with van der Waals surface area (Å²) in [5, 5.41) is 10.3. The molecule has 2 N–H and O–H groups in total. The number of benzene rings is 1. The first kappa shape index (κ1) is 12.7. The maximum absolute atomic E-state index is 12.0. The van der Waals surface area contributed by atoms with E-state index in [1.165, 1.54) is 5.56 Å². The van der Waals surface area contributed by atoms with E-state index in [-0.39, 0.29) is 11.8 Å². The van der Waals surface area contributed by atoms with Crippen molar-refractivity contribution in [3.05, 3.63) is 42.0 Å². The first-order valence-electron chi connectivity index (χ1n) is 6.66. The Labute approximate surface area is 117 Å². The molecule has 2 aromatic rings. The van der Waals surface area contributed by atoms with Crippen molar-refractivity contribution in [2.75, 3.05) is 11.9 Å². The SMILES string of the molecule is Cn1cnc(CNC(=O)CC2CNc3ccccc32)n1. The summed E-state index contributed by atoms with van der Waals surface area (Å²) in [6.07, 6.45) is 2.11. The number of carbonyl (C=O) groups is 1. The molecule has 1 unspecified atom stereocenters. The molecule has 1 aromatic heterocycles. The average molecular weight is 271 g/mol. The van der Waals surface area contributed by atoms with E-state index in [0.29, 0.717) is 18.8 Å².